The summed E-state index contributed by atoms with van der Waals surface area (Å²) in [5, 5.41) is 2.84. The van der Waals surface area contributed by atoms with Crippen molar-refractivity contribution in [1.29, 1.82) is 0 Å². The van der Waals surface area contributed by atoms with Crippen molar-refractivity contribution in [2.75, 3.05) is 38.5 Å². The quantitative estimate of drug-likeness (QED) is 0.456. The van der Waals surface area contributed by atoms with Gasteiger partial charge < -0.3 is 5.32 Å². The first-order valence-electron chi connectivity index (χ1n) is 10.0. The largest absolute Gasteiger partial charge is 0.354 e. The molecule has 1 heterocycles. The van der Waals surface area contributed by atoms with Gasteiger partial charge in [0, 0.05) is 54.1 Å². The van der Waals surface area contributed by atoms with Crippen LogP contribution < -0.4 is 5.32 Å². The molecule has 1 atom stereocenters. The molecule has 1 amide bonds. The third kappa shape index (κ3) is 12.0. The molecule has 1 aliphatic rings. The van der Waals surface area contributed by atoms with E-state index in [1.807, 2.05) is 0 Å². The Bertz CT molecular complexity index is 1200. The molecule has 0 aromatic rings. The summed E-state index contributed by atoms with van der Waals surface area (Å²) < 4.78 is 0. The Balaban J connectivity index is -0.0000000525. The highest BCUT2D eigenvalue weighted by molar-refractivity contribution is 7.81. The summed E-state index contributed by atoms with van der Waals surface area (Å²) in [6, 6.07) is 0. The average Bonchev–Trinajstić information content (AvgIpc) is 3.17. The number of rotatable bonds is 6. The standard InChI is InChI=1S/C27H23N3OS.15H2/c1-3-5-6-7-8-9-10-11-12-13-14-15-16-17-18-19-27-29(21-4-2)23-24-30(27)22-20-28-26(31)25-32;;;;;;;;;;;;;;;/h27,32H,4,20-25H2,1-2H3,(H,28,31);15*1H. The normalized spacial score (nSPS) is 13.3. The second-order valence-corrected chi connectivity index (χ2v) is 6.41. The predicted octanol–water partition coefficient (Wildman–Crippen LogP) is 4.12. The molecule has 1 rings (SSSR count). The number of thiol groups is 1. The van der Waals surface area contributed by atoms with E-state index >= 15 is 0 Å². The van der Waals surface area contributed by atoms with Crippen molar-refractivity contribution in [2.45, 2.75) is 26.4 Å². The van der Waals surface area contributed by atoms with Crippen LogP contribution in [0.2, 0.25) is 0 Å². The first-order valence-corrected chi connectivity index (χ1v) is 10.6. The molecule has 0 bridgehead atoms. The number of amides is 1. The molecule has 1 saturated heterocycles. The van der Waals surface area contributed by atoms with Gasteiger partial charge in [0.25, 0.3) is 0 Å². The zero-order chi connectivity index (χ0) is 23.3. The fourth-order valence-corrected chi connectivity index (χ4v) is 2.72. The van der Waals surface area contributed by atoms with E-state index in [4.69, 9.17) is 0 Å². The Morgan fingerprint density at radius 2 is 1.31 bits per heavy atom. The lowest BCUT2D eigenvalue weighted by atomic mass is 10.3. The number of carbonyl (C=O) groups excluding carboxylic acids is 1. The molecule has 0 saturated carbocycles. The summed E-state index contributed by atoms with van der Waals surface area (Å²) in [6.07, 6.45) is 1.04. The summed E-state index contributed by atoms with van der Waals surface area (Å²) >= 11 is 3.97. The number of hydrogen-bond donors (Lipinski definition) is 2. The molecule has 1 N–H and O–H groups in total. The second kappa shape index (κ2) is 18.0. The third-order valence-electron chi connectivity index (χ3n) is 3.88. The van der Waals surface area contributed by atoms with Crippen LogP contribution in [0.15, 0.2) is 0 Å². The molecule has 5 heteroatoms. The molecular formula is C27H53N3OS. The van der Waals surface area contributed by atoms with Crippen molar-refractivity contribution in [3.8, 4) is 94.7 Å². The lowest BCUT2D eigenvalue weighted by molar-refractivity contribution is -0.118. The summed E-state index contributed by atoms with van der Waals surface area (Å²) in [5.41, 5.74) is 0. The first kappa shape index (κ1) is 26.3. The van der Waals surface area contributed by atoms with E-state index in [-0.39, 0.29) is 39.2 Å². The first-order chi connectivity index (χ1) is 15.7. The summed E-state index contributed by atoms with van der Waals surface area (Å²) in [7, 11) is 0. The van der Waals surface area contributed by atoms with Crippen LogP contribution in [0, 0.1) is 94.7 Å². The van der Waals surface area contributed by atoms with Crippen LogP contribution in [0.5, 0.6) is 0 Å². The van der Waals surface area contributed by atoms with Crippen LogP contribution >= 0.6 is 12.6 Å². The fraction of sp³-hybridized carbons (Fsp3) is 0.370. The van der Waals surface area contributed by atoms with E-state index in [1.54, 1.807) is 6.92 Å². The lowest BCUT2D eigenvalue weighted by Gasteiger charge is -2.25. The zero-order valence-electron chi connectivity index (χ0n) is 18.3. The van der Waals surface area contributed by atoms with E-state index in [0.29, 0.717) is 6.54 Å². The highest BCUT2D eigenvalue weighted by atomic mass is 32.1. The van der Waals surface area contributed by atoms with Crippen molar-refractivity contribution in [3.63, 3.8) is 0 Å². The predicted molar refractivity (Wildman–Crippen MR) is 164 cm³/mol. The summed E-state index contributed by atoms with van der Waals surface area (Å²) in [4.78, 5) is 15.9. The van der Waals surface area contributed by atoms with Gasteiger partial charge in [0.05, 0.1) is 5.75 Å². The van der Waals surface area contributed by atoms with Crippen molar-refractivity contribution in [2.24, 2.45) is 0 Å². The third-order valence-corrected chi connectivity index (χ3v) is 4.17. The summed E-state index contributed by atoms with van der Waals surface area (Å²) in [6.45, 7) is 7.97. The van der Waals surface area contributed by atoms with Gasteiger partial charge in [-0.1, -0.05) is 18.8 Å². The molecule has 188 valence electrons. The lowest BCUT2D eigenvalue weighted by Crippen LogP contribution is -2.42. The average molecular weight is 468 g/mol. The van der Waals surface area contributed by atoms with Gasteiger partial charge in [-0.3, -0.25) is 14.6 Å². The molecule has 1 aliphatic heterocycles. The van der Waals surface area contributed by atoms with Crippen molar-refractivity contribution in [3.05, 3.63) is 0 Å². The SMILES string of the molecule is CC#CC#CC#CC#CC#CC#CC#CC#CC1N(CCC)CCN1CCNC(=O)CS.[HH].[HH].[HH].[HH].[HH].[HH].[HH].[HH].[HH].[HH].[HH].[HH].[HH].[HH].[HH]. The molecule has 0 radical (unpaired) electrons. The van der Waals surface area contributed by atoms with E-state index < -0.39 is 0 Å². The van der Waals surface area contributed by atoms with Crippen LogP contribution in [0.4, 0.5) is 0 Å². The van der Waals surface area contributed by atoms with E-state index in [9.17, 15) is 4.79 Å². The maximum atomic E-state index is 11.4. The van der Waals surface area contributed by atoms with Crippen molar-refractivity contribution in [1.82, 2.24) is 15.1 Å². The number of nitrogens with zero attached hydrogens (tertiary/aromatic N) is 2. The van der Waals surface area contributed by atoms with Gasteiger partial charge in [0.1, 0.15) is 6.17 Å². The molecule has 0 aromatic carbocycles. The number of nitrogens with one attached hydrogen (secondary N) is 1. The highest BCUT2D eigenvalue weighted by Gasteiger charge is 2.29. The Hall–Kier alpha value is -3.78. The fourth-order valence-electron chi connectivity index (χ4n) is 2.60. The minimum Gasteiger partial charge on any atom is -0.354 e. The van der Waals surface area contributed by atoms with Gasteiger partial charge in [0.2, 0.25) is 5.91 Å². The highest BCUT2D eigenvalue weighted by Crippen LogP contribution is 2.13. The van der Waals surface area contributed by atoms with Crippen molar-refractivity contribution >= 4 is 18.5 Å². The van der Waals surface area contributed by atoms with Gasteiger partial charge in [-0.2, -0.15) is 12.6 Å². The van der Waals surface area contributed by atoms with Crippen molar-refractivity contribution < 1.29 is 26.2 Å². The number of carbonyl (C=O) groups is 1. The van der Waals surface area contributed by atoms with Crippen LogP contribution in [0.1, 0.15) is 41.7 Å². The van der Waals surface area contributed by atoms with Gasteiger partial charge >= 0.3 is 0 Å². The molecule has 0 aromatic heterocycles. The molecule has 0 aliphatic carbocycles. The zero-order valence-corrected chi connectivity index (χ0v) is 19.2. The molecule has 1 fully saturated rings. The van der Waals surface area contributed by atoms with Gasteiger partial charge in [-0.15, -0.1) is 0 Å². The smallest absolute Gasteiger partial charge is 0.229 e. The van der Waals surface area contributed by atoms with E-state index in [1.165, 1.54) is 0 Å². The molecular weight excluding hydrogens is 414 g/mol. The maximum Gasteiger partial charge on any atom is 0.229 e. The van der Waals surface area contributed by atoms with Crippen LogP contribution in [-0.4, -0.2) is 60.3 Å². The molecule has 4 nitrogen and oxygen atoms in total. The molecule has 0 spiro atoms. The number of hydrogen-bond acceptors (Lipinski definition) is 4. The van der Waals surface area contributed by atoms with Crippen LogP contribution in [-0.2, 0) is 4.79 Å². The monoisotopic (exact) mass is 467 g/mol. The van der Waals surface area contributed by atoms with Crippen LogP contribution in [0.25, 0.3) is 0 Å². The van der Waals surface area contributed by atoms with E-state index in [2.05, 4.69) is 129 Å². The Labute approximate surface area is 220 Å². The Morgan fingerprint density at radius 3 is 1.78 bits per heavy atom. The van der Waals surface area contributed by atoms with Gasteiger partial charge in [-0.25, -0.2) is 0 Å². The Kier molecular flexibility index (Phi) is 14.8. The van der Waals surface area contributed by atoms with Gasteiger partial charge in [-0.05, 0) is 96.2 Å². The van der Waals surface area contributed by atoms with Gasteiger partial charge in [0.15, 0.2) is 0 Å². The molecule has 1 unspecified atom stereocenters. The second-order valence-electron chi connectivity index (χ2n) is 6.10. The maximum absolute atomic E-state index is 11.4. The molecule has 32 heavy (non-hydrogen) atoms. The minimum absolute atomic E-state index is 0. The topological polar surface area (TPSA) is 35.6 Å². The van der Waals surface area contributed by atoms with Crippen LogP contribution in [0.3, 0.4) is 0 Å². The Morgan fingerprint density at radius 1 is 0.844 bits per heavy atom. The van der Waals surface area contributed by atoms with E-state index in [0.717, 1.165) is 32.6 Å². The summed E-state index contributed by atoms with van der Waals surface area (Å²) in [5.74, 6) is 42.5. The minimum atomic E-state index is -0.0703.